The first-order valence-corrected chi connectivity index (χ1v) is 8.93. The van der Waals surface area contributed by atoms with Crippen molar-refractivity contribution in [2.24, 2.45) is 0 Å². The third-order valence-corrected chi connectivity index (χ3v) is 5.72. The number of nitrogens with zero attached hydrogens (tertiary/aromatic N) is 3. The molecule has 1 atom stereocenters. The van der Waals surface area contributed by atoms with Gasteiger partial charge in [-0.25, -0.2) is 4.79 Å². The van der Waals surface area contributed by atoms with Crippen LogP contribution in [0.15, 0.2) is 6.07 Å². The first-order valence-electron chi connectivity index (χ1n) is 8.93. The molecular weight excluding hydrogens is 308 g/mol. The predicted molar refractivity (Wildman–Crippen MR) is 87.8 cm³/mol. The van der Waals surface area contributed by atoms with Crippen LogP contribution in [0.2, 0.25) is 0 Å². The molecule has 4 rings (SSSR count). The lowest BCUT2D eigenvalue weighted by Gasteiger charge is -2.47. The van der Waals surface area contributed by atoms with E-state index in [0.717, 1.165) is 70.7 Å². The number of piperidine rings is 1. The van der Waals surface area contributed by atoms with Gasteiger partial charge in [0, 0.05) is 25.7 Å². The molecule has 132 valence electrons. The van der Waals surface area contributed by atoms with Gasteiger partial charge in [-0.05, 0) is 44.8 Å². The van der Waals surface area contributed by atoms with Crippen LogP contribution < -0.4 is 5.32 Å². The van der Waals surface area contributed by atoms with E-state index in [9.17, 15) is 4.79 Å². The molecule has 0 aromatic carbocycles. The molecule has 1 N–H and O–H groups in total. The lowest BCUT2D eigenvalue weighted by atomic mass is 9.82. The average Bonchev–Trinajstić information content (AvgIpc) is 3.05. The smallest absolute Gasteiger partial charge is 0.358 e. The van der Waals surface area contributed by atoms with Crippen LogP contribution in [0, 0.1) is 0 Å². The fourth-order valence-electron chi connectivity index (χ4n) is 4.35. The van der Waals surface area contributed by atoms with Gasteiger partial charge in [0.25, 0.3) is 0 Å². The molecule has 7 nitrogen and oxygen atoms in total. The summed E-state index contributed by atoms with van der Waals surface area (Å²) in [6.45, 7) is 5.63. The number of ether oxygens (including phenoxy) is 2. The molecule has 1 spiro atoms. The average molecular weight is 334 g/mol. The number of aromatic nitrogens is 2. The highest BCUT2D eigenvalue weighted by molar-refractivity contribution is 5.87. The van der Waals surface area contributed by atoms with E-state index in [4.69, 9.17) is 9.47 Å². The van der Waals surface area contributed by atoms with Gasteiger partial charge in [0.05, 0.1) is 24.9 Å². The third kappa shape index (κ3) is 2.96. The monoisotopic (exact) mass is 334 g/mol. The highest BCUT2D eigenvalue weighted by Gasteiger charge is 2.40. The maximum Gasteiger partial charge on any atom is 0.358 e. The second-order valence-electron chi connectivity index (χ2n) is 7.13. The third-order valence-electron chi connectivity index (χ3n) is 5.72. The Balaban J connectivity index is 1.46. The zero-order valence-corrected chi connectivity index (χ0v) is 14.3. The molecule has 7 heteroatoms. The van der Waals surface area contributed by atoms with Crippen LogP contribution in [-0.4, -0.2) is 65.6 Å². The Bertz CT molecular complexity index is 603. The number of esters is 1. The SMILES string of the molecule is COC(=O)c1cc2n(n1)CCN(C1CCOC3(CCNCC3)C1)C2. The Hall–Kier alpha value is -1.44. The summed E-state index contributed by atoms with van der Waals surface area (Å²) in [6.07, 6.45) is 4.43. The van der Waals surface area contributed by atoms with Crippen LogP contribution in [0.3, 0.4) is 0 Å². The van der Waals surface area contributed by atoms with E-state index < -0.39 is 0 Å². The maximum absolute atomic E-state index is 11.7. The summed E-state index contributed by atoms with van der Waals surface area (Å²) in [5.41, 5.74) is 1.59. The van der Waals surface area contributed by atoms with E-state index in [1.54, 1.807) is 0 Å². The molecule has 3 aliphatic rings. The molecular formula is C17H26N4O3. The molecule has 0 saturated carbocycles. The Morgan fingerprint density at radius 1 is 1.42 bits per heavy atom. The summed E-state index contributed by atoms with van der Waals surface area (Å²) >= 11 is 0. The van der Waals surface area contributed by atoms with E-state index >= 15 is 0 Å². The molecule has 1 unspecified atom stereocenters. The van der Waals surface area contributed by atoms with Crippen molar-refractivity contribution in [2.75, 3.05) is 33.4 Å². The zero-order chi connectivity index (χ0) is 16.6. The van der Waals surface area contributed by atoms with Crippen molar-refractivity contribution in [3.8, 4) is 0 Å². The number of rotatable bonds is 2. The lowest BCUT2D eigenvalue weighted by Crippen LogP contribution is -2.54. The van der Waals surface area contributed by atoms with Gasteiger partial charge < -0.3 is 14.8 Å². The lowest BCUT2D eigenvalue weighted by molar-refractivity contribution is -0.123. The van der Waals surface area contributed by atoms with Gasteiger partial charge in [0.15, 0.2) is 5.69 Å². The molecule has 2 saturated heterocycles. The molecule has 3 aliphatic heterocycles. The minimum atomic E-state index is -0.358. The molecule has 1 aromatic rings. The Morgan fingerprint density at radius 3 is 3.04 bits per heavy atom. The first-order chi connectivity index (χ1) is 11.7. The van der Waals surface area contributed by atoms with Crippen LogP contribution in [-0.2, 0) is 22.6 Å². The van der Waals surface area contributed by atoms with Crippen molar-refractivity contribution in [1.82, 2.24) is 20.0 Å². The maximum atomic E-state index is 11.7. The molecule has 24 heavy (non-hydrogen) atoms. The Labute approximate surface area is 142 Å². The zero-order valence-electron chi connectivity index (χ0n) is 14.3. The highest BCUT2D eigenvalue weighted by Crippen LogP contribution is 2.36. The molecule has 4 heterocycles. The van der Waals surface area contributed by atoms with Crippen molar-refractivity contribution in [2.45, 2.75) is 50.4 Å². The minimum Gasteiger partial charge on any atom is -0.464 e. The highest BCUT2D eigenvalue weighted by atomic mass is 16.5. The number of hydrogen-bond acceptors (Lipinski definition) is 6. The number of nitrogens with one attached hydrogen (secondary N) is 1. The fraction of sp³-hybridized carbons (Fsp3) is 0.765. The van der Waals surface area contributed by atoms with Gasteiger partial charge in [-0.15, -0.1) is 0 Å². The van der Waals surface area contributed by atoms with Crippen molar-refractivity contribution in [3.63, 3.8) is 0 Å². The molecule has 0 aliphatic carbocycles. The molecule has 0 radical (unpaired) electrons. The molecule has 0 bridgehead atoms. The second kappa shape index (κ2) is 6.46. The van der Waals surface area contributed by atoms with Crippen LogP contribution in [0.5, 0.6) is 0 Å². The standard InChI is InChI=1S/C17H26N4O3/c1-23-16(22)15-10-14-12-20(7-8-21(14)19-15)13-2-9-24-17(11-13)3-5-18-6-4-17/h10,13,18H,2-9,11-12H2,1H3. The fourth-order valence-corrected chi connectivity index (χ4v) is 4.35. The number of carbonyl (C=O) groups is 1. The van der Waals surface area contributed by atoms with Crippen molar-refractivity contribution >= 4 is 5.97 Å². The Morgan fingerprint density at radius 2 is 2.25 bits per heavy atom. The van der Waals surface area contributed by atoms with Gasteiger partial charge in [-0.2, -0.15) is 5.10 Å². The summed E-state index contributed by atoms with van der Waals surface area (Å²) in [5.74, 6) is -0.358. The van der Waals surface area contributed by atoms with Gasteiger partial charge in [0.2, 0.25) is 0 Å². The van der Waals surface area contributed by atoms with E-state index in [1.165, 1.54) is 7.11 Å². The summed E-state index contributed by atoms with van der Waals surface area (Å²) in [5, 5.41) is 7.80. The molecule has 1 aromatic heterocycles. The molecule has 2 fully saturated rings. The van der Waals surface area contributed by atoms with E-state index in [2.05, 4.69) is 15.3 Å². The quantitative estimate of drug-likeness (QED) is 0.807. The van der Waals surface area contributed by atoms with Crippen LogP contribution >= 0.6 is 0 Å². The summed E-state index contributed by atoms with van der Waals surface area (Å²) in [7, 11) is 1.40. The number of methoxy groups -OCH3 is 1. The van der Waals surface area contributed by atoms with Gasteiger partial charge in [-0.3, -0.25) is 9.58 Å². The topological polar surface area (TPSA) is 68.6 Å². The largest absolute Gasteiger partial charge is 0.464 e. The van der Waals surface area contributed by atoms with E-state index in [0.29, 0.717) is 11.7 Å². The number of hydrogen-bond donors (Lipinski definition) is 1. The van der Waals surface area contributed by atoms with Crippen molar-refractivity contribution < 1.29 is 14.3 Å². The number of carbonyl (C=O) groups excluding carboxylic acids is 1. The summed E-state index contributed by atoms with van der Waals surface area (Å²) in [6, 6.07) is 2.43. The predicted octanol–water partition coefficient (Wildman–Crippen LogP) is 0.786. The van der Waals surface area contributed by atoms with Crippen molar-refractivity contribution in [3.05, 3.63) is 17.5 Å². The van der Waals surface area contributed by atoms with E-state index in [-0.39, 0.29) is 11.6 Å². The van der Waals surface area contributed by atoms with E-state index in [1.807, 2.05) is 10.7 Å². The van der Waals surface area contributed by atoms with Crippen LogP contribution in [0.4, 0.5) is 0 Å². The summed E-state index contributed by atoms with van der Waals surface area (Å²) in [4.78, 5) is 14.2. The normalized spacial score (nSPS) is 27.0. The number of fused-ring (bicyclic) bond motifs is 1. The van der Waals surface area contributed by atoms with Gasteiger partial charge in [0.1, 0.15) is 0 Å². The van der Waals surface area contributed by atoms with Crippen molar-refractivity contribution in [1.29, 1.82) is 0 Å². The summed E-state index contributed by atoms with van der Waals surface area (Å²) < 4.78 is 12.9. The second-order valence-corrected chi connectivity index (χ2v) is 7.13. The first kappa shape index (κ1) is 16.1. The van der Waals surface area contributed by atoms with Crippen LogP contribution in [0.25, 0.3) is 0 Å². The van der Waals surface area contributed by atoms with Crippen LogP contribution in [0.1, 0.15) is 41.9 Å². The van der Waals surface area contributed by atoms with Gasteiger partial charge >= 0.3 is 5.97 Å². The van der Waals surface area contributed by atoms with Gasteiger partial charge in [-0.1, -0.05) is 0 Å². The minimum absolute atomic E-state index is 0.0725. The Kier molecular flexibility index (Phi) is 4.32. The molecule has 0 amide bonds.